The van der Waals surface area contributed by atoms with Crippen LogP contribution < -0.4 is 5.32 Å². The third kappa shape index (κ3) is 5.48. The molecule has 1 heterocycles. The number of hydrogen-bond acceptors (Lipinski definition) is 4. The molecule has 0 spiro atoms. The van der Waals surface area contributed by atoms with E-state index < -0.39 is 0 Å². The van der Waals surface area contributed by atoms with Gasteiger partial charge in [0.15, 0.2) is 0 Å². The second-order valence-electron chi connectivity index (χ2n) is 3.67. The Morgan fingerprint density at radius 2 is 2.47 bits per heavy atom. The van der Waals surface area contributed by atoms with Gasteiger partial charge in [-0.25, -0.2) is 4.98 Å². The standard InChI is InChI=1S/C11H17ClN2O2S/c1-3-16-6-8(2)13-10(15)4-11-14-9(5-12)7-17-11/h7-8H,3-6H2,1-2H3,(H,13,15). The fraction of sp³-hybridized carbons (Fsp3) is 0.636. The first-order valence-corrected chi connectivity index (χ1v) is 6.93. The van der Waals surface area contributed by atoms with Gasteiger partial charge in [-0.05, 0) is 13.8 Å². The number of ether oxygens (including phenoxy) is 1. The number of halogens is 1. The molecule has 0 radical (unpaired) electrons. The van der Waals surface area contributed by atoms with E-state index >= 15 is 0 Å². The molecule has 0 aliphatic heterocycles. The lowest BCUT2D eigenvalue weighted by Crippen LogP contribution is -2.36. The largest absolute Gasteiger partial charge is 0.380 e. The number of alkyl halides is 1. The van der Waals surface area contributed by atoms with E-state index in [0.29, 0.717) is 25.5 Å². The summed E-state index contributed by atoms with van der Waals surface area (Å²) in [6, 6.07) is 0.0231. The van der Waals surface area contributed by atoms with Crippen molar-refractivity contribution in [1.29, 1.82) is 0 Å². The van der Waals surface area contributed by atoms with Crippen LogP contribution >= 0.6 is 22.9 Å². The van der Waals surface area contributed by atoms with Gasteiger partial charge in [0.25, 0.3) is 0 Å². The SMILES string of the molecule is CCOCC(C)NC(=O)Cc1nc(CCl)cs1. The Labute approximate surface area is 110 Å². The maximum Gasteiger partial charge on any atom is 0.227 e. The van der Waals surface area contributed by atoms with Crippen LogP contribution in [0.2, 0.25) is 0 Å². The molecule has 17 heavy (non-hydrogen) atoms. The predicted molar refractivity (Wildman–Crippen MR) is 69.5 cm³/mol. The van der Waals surface area contributed by atoms with Crippen LogP contribution in [-0.4, -0.2) is 30.1 Å². The summed E-state index contributed by atoms with van der Waals surface area (Å²) in [6.45, 7) is 5.04. The van der Waals surface area contributed by atoms with E-state index in [2.05, 4.69) is 10.3 Å². The monoisotopic (exact) mass is 276 g/mol. The number of aromatic nitrogens is 1. The third-order valence-electron chi connectivity index (χ3n) is 2.03. The zero-order chi connectivity index (χ0) is 12.7. The molecule has 1 unspecified atom stereocenters. The average molecular weight is 277 g/mol. The van der Waals surface area contributed by atoms with Gasteiger partial charge in [-0.15, -0.1) is 22.9 Å². The van der Waals surface area contributed by atoms with Crippen molar-refractivity contribution in [2.45, 2.75) is 32.2 Å². The Balaban J connectivity index is 2.33. The first-order chi connectivity index (χ1) is 8.15. The Morgan fingerprint density at radius 3 is 3.06 bits per heavy atom. The van der Waals surface area contributed by atoms with Gasteiger partial charge in [-0.2, -0.15) is 0 Å². The first-order valence-electron chi connectivity index (χ1n) is 5.52. The van der Waals surface area contributed by atoms with E-state index in [-0.39, 0.29) is 11.9 Å². The van der Waals surface area contributed by atoms with Gasteiger partial charge in [0.2, 0.25) is 5.91 Å². The van der Waals surface area contributed by atoms with Crippen LogP contribution in [0.25, 0.3) is 0 Å². The summed E-state index contributed by atoms with van der Waals surface area (Å²) in [7, 11) is 0. The van der Waals surface area contributed by atoms with Crippen molar-refractivity contribution in [2.75, 3.05) is 13.2 Å². The number of amides is 1. The van der Waals surface area contributed by atoms with Gasteiger partial charge < -0.3 is 10.1 Å². The minimum absolute atomic E-state index is 0.0231. The first kappa shape index (κ1) is 14.4. The molecule has 0 saturated carbocycles. The molecular formula is C11H17ClN2O2S. The smallest absolute Gasteiger partial charge is 0.227 e. The van der Waals surface area contributed by atoms with Gasteiger partial charge in [0.1, 0.15) is 5.01 Å². The number of nitrogens with one attached hydrogen (secondary N) is 1. The van der Waals surface area contributed by atoms with Crippen LogP contribution in [0, 0.1) is 0 Å². The molecule has 0 fully saturated rings. The van der Waals surface area contributed by atoms with Crippen molar-refractivity contribution >= 4 is 28.8 Å². The number of nitrogens with zero attached hydrogens (tertiary/aromatic N) is 1. The number of carbonyl (C=O) groups is 1. The van der Waals surface area contributed by atoms with E-state index in [1.807, 2.05) is 19.2 Å². The zero-order valence-corrected chi connectivity index (χ0v) is 11.6. The second-order valence-corrected chi connectivity index (χ2v) is 4.88. The van der Waals surface area contributed by atoms with Crippen molar-refractivity contribution in [3.05, 3.63) is 16.1 Å². The second kappa shape index (κ2) is 7.63. The van der Waals surface area contributed by atoms with E-state index in [4.69, 9.17) is 16.3 Å². The van der Waals surface area contributed by atoms with Crippen LogP contribution in [0.15, 0.2) is 5.38 Å². The fourth-order valence-corrected chi connectivity index (χ4v) is 2.31. The molecule has 4 nitrogen and oxygen atoms in total. The molecule has 0 aromatic carbocycles. The fourth-order valence-electron chi connectivity index (χ4n) is 1.29. The number of thiazole rings is 1. The lowest BCUT2D eigenvalue weighted by molar-refractivity contribution is -0.121. The van der Waals surface area contributed by atoms with Crippen molar-refractivity contribution in [2.24, 2.45) is 0 Å². The van der Waals surface area contributed by atoms with Gasteiger partial charge >= 0.3 is 0 Å². The topological polar surface area (TPSA) is 51.2 Å². The highest BCUT2D eigenvalue weighted by Gasteiger charge is 2.10. The van der Waals surface area contributed by atoms with Gasteiger partial charge in [-0.3, -0.25) is 4.79 Å². The molecule has 1 N–H and O–H groups in total. The predicted octanol–water partition coefficient (Wildman–Crippen LogP) is 1.97. The highest BCUT2D eigenvalue weighted by molar-refractivity contribution is 7.09. The summed E-state index contributed by atoms with van der Waals surface area (Å²) in [6.07, 6.45) is 0.304. The van der Waals surface area contributed by atoms with Crippen LogP contribution in [0.1, 0.15) is 24.5 Å². The Morgan fingerprint density at radius 1 is 1.71 bits per heavy atom. The maximum atomic E-state index is 11.7. The molecule has 0 bridgehead atoms. The molecule has 1 aromatic rings. The molecule has 1 atom stereocenters. The number of hydrogen-bond donors (Lipinski definition) is 1. The summed E-state index contributed by atoms with van der Waals surface area (Å²) in [5, 5.41) is 5.53. The van der Waals surface area contributed by atoms with Gasteiger partial charge in [0.05, 0.1) is 24.6 Å². The van der Waals surface area contributed by atoms with Crippen LogP contribution in [0.4, 0.5) is 0 Å². The quantitative estimate of drug-likeness (QED) is 0.775. The molecule has 0 aliphatic carbocycles. The van der Waals surface area contributed by atoms with E-state index in [9.17, 15) is 4.79 Å². The number of rotatable bonds is 7. The molecular weight excluding hydrogens is 260 g/mol. The average Bonchev–Trinajstić information content (AvgIpc) is 2.73. The summed E-state index contributed by atoms with van der Waals surface area (Å²) < 4.78 is 5.22. The van der Waals surface area contributed by atoms with Crippen molar-refractivity contribution in [1.82, 2.24) is 10.3 Å². The van der Waals surface area contributed by atoms with Crippen molar-refractivity contribution in [3.63, 3.8) is 0 Å². The van der Waals surface area contributed by atoms with Gasteiger partial charge in [0, 0.05) is 18.0 Å². The summed E-state index contributed by atoms with van der Waals surface area (Å²) in [4.78, 5) is 15.9. The van der Waals surface area contributed by atoms with Crippen LogP contribution in [0.5, 0.6) is 0 Å². The number of carbonyl (C=O) groups excluding carboxylic acids is 1. The Bertz CT molecular complexity index is 357. The normalized spacial score (nSPS) is 12.4. The van der Waals surface area contributed by atoms with E-state index in [1.54, 1.807) is 0 Å². The van der Waals surface area contributed by atoms with Crippen LogP contribution in [-0.2, 0) is 21.8 Å². The van der Waals surface area contributed by atoms with E-state index in [0.717, 1.165) is 10.7 Å². The zero-order valence-electron chi connectivity index (χ0n) is 10.0. The summed E-state index contributed by atoms with van der Waals surface area (Å²) in [5.41, 5.74) is 0.821. The highest BCUT2D eigenvalue weighted by Crippen LogP contribution is 2.12. The van der Waals surface area contributed by atoms with Crippen molar-refractivity contribution < 1.29 is 9.53 Å². The maximum absolute atomic E-state index is 11.7. The van der Waals surface area contributed by atoms with E-state index in [1.165, 1.54) is 11.3 Å². The summed E-state index contributed by atoms with van der Waals surface area (Å²) >= 11 is 7.11. The molecule has 0 saturated heterocycles. The highest BCUT2D eigenvalue weighted by atomic mass is 35.5. The summed E-state index contributed by atoms with van der Waals surface area (Å²) in [5.74, 6) is 0.353. The minimum Gasteiger partial charge on any atom is -0.380 e. The lowest BCUT2D eigenvalue weighted by Gasteiger charge is -2.12. The minimum atomic E-state index is -0.0346. The van der Waals surface area contributed by atoms with Gasteiger partial charge in [-0.1, -0.05) is 0 Å². The molecule has 1 amide bonds. The third-order valence-corrected chi connectivity index (χ3v) is 3.20. The van der Waals surface area contributed by atoms with Crippen molar-refractivity contribution in [3.8, 4) is 0 Å². The molecule has 0 aliphatic rings. The Hall–Kier alpha value is -0.650. The lowest BCUT2D eigenvalue weighted by atomic mass is 10.3. The van der Waals surface area contributed by atoms with Crippen LogP contribution in [0.3, 0.4) is 0 Å². The molecule has 96 valence electrons. The molecule has 6 heteroatoms. The molecule has 1 rings (SSSR count). The Kier molecular flexibility index (Phi) is 6.47. The molecule has 1 aromatic heterocycles.